The van der Waals surface area contributed by atoms with Crippen LogP contribution in [0.1, 0.15) is 40.0 Å². The van der Waals surface area contributed by atoms with Gasteiger partial charge in [0.2, 0.25) is 5.78 Å². The molecule has 1 aromatic heterocycles. The third-order valence-corrected chi connectivity index (χ3v) is 5.25. The number of nitrogens with one attached hydrogen (secondary N) is 1. The molecule has 0 atom stereocenters. The van der Waals surface area contributed by atoms with Crippen molar-refractivity contribution in [1.82, 2.24) is 14.7 Å². The molecule has 3 rings (SSSR count). The molecular formula is C17H19Cl2N3O2. The van der Waals surface area contributed by atoms with E-state index in [4.69, 9.17) is 23.2 Å². The molecule has 0 spiro atoms. The second-order valence-electron chi connectivity index (χ2n) is 6.34. The first-order chi connectivity index (χ1) is 11.3. The molecule has 1 aliphatic rings. The Balaban J connectivity index is 2.02. The van der Waals surface area contributed by atoms with Gasteiger partial charge in [-0.1, -0.05) is 23.2 Å². The highest BCUT2D eigenvalue weighted by molar-refractivity contribution is 6.38. The third-order valence-electron chi connectivity index (χ3n) is 4.46. The van der Waals surface area contributed by atoms with Crippen LogP contribution in [0.15, 0.2) is 16.9 Å². The van der Waals surface area contributed by atoms with Crippen LogP contribution in [0.2, 0.25) is 10.0 Å². The van der Waals surface area contributed by atoms with Crippen LogP contribution < -0.4 is 5.56 Å². The lowest BCUT2D eigenvalue weighted by atomic mass is 10.0. The fourth-order valence-electron chi connectivity index (χ4n) is 2.90. The minimum absolute atomic E-state index is 0.114. The molecular weight excluding hydrogens is 349 g/mol. The van der Waals surface area contributed by atoms with E-state index in [1.165, 1.54) is 17.5 Å². The molecule has 7 heteroatoms. The fraction of sp³-hybridized carbons (Fsp3) is 0.412. The Bertz CT molecular complexity index is 865. The Labute approximate surface area is 150 Å². The number of aromatic nitrogens is 2. The summed E-state index contributed by atoms with van der Waals surface area (Å²) in [7, 11) is 3.59. The van der Waals surface area contributed by atoms with Crippen LogP contribution in [-0.2, 0) is 13.6 Å². The van der Waals surface area contributed by atoms with Gasteiger partial charge in [0.05, 0.1) is 5.02 Å². The molecule has 1 aliphatic carbocycles. The second-order valence-corrected chi connectivity index (χ2v) is 7.12. The number of carbonyl (C=O) groups excluding carboxylic acids is 1. The van der Waals surface area contributed by atoms with Crippen molar-refractivity contribution in [2.75, 3.05) is 7.05 Å². The number of benzene rings is 1. The van der Waals surface area contributed by atoms with Crippen LogP contribution in [0.25, 0.3) is 0 Å². The summed E-state index contributed by atoms with van der Waals surface area (Å²) in [5, 5.41) is 3.69. The smallest absolute Gasteiger partial charge is 0.277 e. The van der Waals surface area contributed by atoms with Gasteiger partial charge in [-0.2, -0.15) is 0 Å². The zero-order chi connectivity index (χ0) is 17.6. The Kier molecular flexibility index (Phi) is 4.60. The molecule has 0 bridgehead atoms. The van der Waals surface area contributed by atoms with Crippen molar-refractivity contribution >= 4 is 29.0 Å². The van der Waals surface area contributed by atoms with Gasteiger partial charge in [0, 0.05) is 41.5 Å². The van der Waals surface area contributed by atoms with Gasteiger partial charge >= 0.3 is 0 Å². The van der Waals surface area contributed by atoms with Gasteiger partial charge in [0.25, 0.3) is 5.56 Å². The summed E-state index contributed by atoms with van der Waals surface area (Å²) < 4.78 is 1.29. The van der Waals surface area contributed by atoms with E-state index in [0.717, 1.165) is 5.56 Å². The largest absolute Gasteiger partial charge is 0.299 e. The molecule has 1 N–H and O–H groups in total. The van der Waals surface area contributed by atoms with Gasteiger partial charge in [0.15, 0.2) is 0 Å². The molecule has 24 heavy (non-hydrogen) atoms. The van der Waals surface area contributed by atoms with E-state index in [0.29, 0.717) is 33.9 Å². The van der Waals surface area contributed by atoms with Crippen molar-refractivity contribution in [3.05, 3.63) is 54.9 Å². The lowest BCUT2D eigenvalue weighted by Gasteiger charge is -2.18. The normalized spacial score (nSPS) is 14.4. The van der Waals surface area contributed by atoms with Crippen molar-refractivity contribution in [3.63, 3.8) is 0 Å². The van der Waals surface area contributed by atoms with Gasteiger partial charge < -0.3 is 0 Å². The molecule has 0 amide bonds. The van der Waals surface area contributed by atoms with Gasteiger partial charge in [-0.05, 0) is 38.9 Å². The zero-order valence-electron chi connectivity index (χ0n) is 13.8. The second kappa shape index (κ2) is 6.39. The van der Waals surface area contributed by atoms with E-state index in [9.17, 15) is 9.59 Å². The average molecular weight is 368 g/mol. The standard InChI is InChI=1S/C17H19Cl2N3O2/c1-9-14(17(24)22(3)20-9)16(23)11-6-7-13(18)12(15(11)19)8-21(2)10-4-5-10/h6-7,10,20H,4-5,8H2,1-3H3. The van der Waals surface area contributed by atoms with Crippen molar-refractivity contribution < 1.29 is 4.79 Å². The maximum absolute atomic E-state index is 12.8. The molecule has 1 heterocycles. The van der Waals surface area contributed by atoms with Crippen LogP contribution >= 0.6 is 23.2 Å². The number of hydrogen-bond donors (Lipinski definition) is 1. The molecule has 5 nitrogen and oxygen atoms in total. The first-order valence-corrected chi connectivity index (χ1v) is 8.54. The molecule has 1 aromatic carbocycles. The maximum Gasteiger partial charge on any atom is 0.277 e. The van der Waals surface area contributed by atoms with E-state index in [1.54, 1.807) is 26.1 Å². The van der Waals surface area contributed by atoms with Crippen LogP contribution in [0.5, 0.6) is 0 Å². The Hall–Kier alpha value is -1.56. The summed E-state index contributed by atoms with van der Waals surface area (Å²) in [5.74, 6) is -0.383. The fourth-order valence-corrected chi connectivity index (χ4v) is 3.48. The lowest BCUT2D eigenvalue weighted by Crippen LogP contribution is -2.22. The number of nitrogens with zero attached hydrogens (tertiary/aromatic N) is 2. The monoisotopic (exact) mass is 367 g/mol. The number of hydrogen-bond acceptors (Lipinski definition) is 3. The Morgan fingerprint density at radius 1 is 1.38 bits per heavy atom. The molecule has 0 radical (unpaired) electrons. The number of ketones is 1. The summed E-state index contributed by atoms with van der Waals surface area (Å²) in [6, 6.07) is 3.80. The number of H-pyrrole nitrogens is 1. The number of rotatable bonds is 5. The molecule has 1 saturated carbocycles. The van der Waals surface area contributed by atoms with Gasteiger partial charge in [-0.3, -0.25) is 24.3 Å². The van der Waals surface area contributed by atoms with E-state index in [2.05, 4.69) is 10.00 Å². The zero-order valence-corrected chi connectivity index (χ0v) is 15.3. The number of aryl methyl sites for hydroxylation is 2. The minimum atomic E-state index is -0.383. The van der Waals surface area contributed by atoms with E-state index >= 15 is 0 Å². The van der Waals surface area contributed by atoms with Crippen molar-refractivity contribution in [3.8, 4) is 0 Å². The Morgan fingerprint density at radius 2 is 2.04 bits per heavy atom. The first kappa shape index (κ1) is 17.3. The molecule has 1 fully saturated rings. The predicted octanol–water partition coefficient (Wildman–Crippen LogP) is 3.15. The van der Waals surface area contributed by atoms with Crippen LogP contribution in [-0.4, -0.2) is 33.6 Å². The molecule has 0 aliphatic heterocycles. The quantitative estimate of drug-likeness (QED) is 0.825. The summed E-state index contributed by atoms with van der Waals surface area (Å²) in [4.78, 5) is 27.2. The van der Waals surface area contributed by atoms with Gasteiger partial charge in [0.1, 0.15) is 5.56 Å². The van der Waals surface area contributed by atoms with E-state index < -0.39 is 0 Å². The predicted molar refractivity (Wildman–Crippen MR) is 95.2 cm³/mol. The van der Waals surface area contributed by atoms with Gasteiger partial charge in [-0.15, -0.1) is 0 Å². The molecule has 0 saturated heterocycles. The number of carbonyl (C=O) groups is 1. The van der Waals surface area contributed by atoms with Gasteiger partial charge in [-0.25, -0.2) is 0 Å². The summed E-state index contributed by atoms with van der Waals surface area (Å²) in [5.41, 5.74) is 1.31. The summed E-state index contributed by atoms with van der Waals surface area (Å²) in [6.45, 7) is 2.27. The highest BCUT2D eigenvalue weighted by Gasteiger charge is 2.28. The Morgan fingerprint density at radius 3 is 2.58 bits per heavy atom. The van der Waals surface area contributed by atoms with Crippen molar-refractivity contribution in [1.29, 1.82) is 0 Å². The topological polar surface area (TPSA) is 58.1 Å². The lowest BCUT2D eigenvalue weighted by molar-refractivity contribution is 0.103. The molecule has 128 valence electrons. The van der Waals surface area contributed by atoms with Crippen LogP contribution in [0.3, 0.4) is 0 Å². The number of halogens is 2. The summed E-state index contributed by atoms with van der Waals surface area (Å²) in [6.07, 6.45) is 2.34. The highest BCUT2D eigenvalue weighted by Crippen LogP contribution is 2.33. The number of aromatic amines is 1. The average Bonchev–Trinajstić information content (AvgIpc) is 3.32. The first-order valence-electron chi connectivity index (χ1n) is 7.78. The maximum atomic E-state index is 12.8. The van der Waals surface area contributed by atoms with E-state index in [-0.39, 0.29) is 16.9 Å². The van der Waals surface area contributed by atoms with Crippen molar-refractivity contribution in [2.45, 2.75) is 32.4 Å². The van der Waals surface area contributed by atoms with E-state index in [1.807, 2.05) is 7.05 Å². The summed E-state index contributed by atoms with van der Waals surface area (Å²) >= 11 is 12.8. The van der Waals surface area contributed by atoms with Crippen LogP contribution in [0.4, 0.5) is 0 Å². The minimum Gasteiger partial charge on any atom is -0.299 e. The third kappa shape index (κ3) is 3.04. The SMILES string of the molecule is Cc1[nH]n(C)c(=O)c1C(=O)c1ccc(Cl)c(CN(C)C2CC2)c1Cl. The van der Waals surface area contributed by atoms with Crippen LogP contribution in [0, 0.1) is 6.92 Å². The highest BCUT2D eigenvalue weighted by atomic mass is 35.5. The molecule has 2 aromatic rings. The molecule has 0 unspecified atom stereocenters. The van der Waals surface area contributed by atoms with Crippen molar-refractivity contribution in [2.24, 2.45) is 7.05 Å².